The van der Waals surface area contributed by atoms with Crippen LogP contribution in [0.2, 0.25) is 0 Å². The van der Waals surface area contributed by atoms with Crippen molar-refractivity contribution in [1.29, 1.82) is 5.41 Å². The predicted octanol–water partition coefficient (Wildman–Crippen LogP) is 4.27. The Morgan fingerprint density at radius 1 is 1.07 bits per heavy atom. The van der Waals surface area contributed by atoms with E-state index in [-0.39, 0.29) is 17.5 Å². The number of nitrogens with two attached hydrogens (primary N) is 2. The summed E-state index contributed by atoms with van der Waals surface area (Å²) < 4.78 is 13.5. The third kappa shape index (κ3) is 4.78. The Morgan fingerprint density at radius 2 is 1.81 bits per heavy atom. The largest absolute Gasteiger partial charge is 0.398 e. The summed E-state index contributed by atoms with van der Waals surface area (Å²) in [6.45, 7) is 5.66. The molecule has 0 radical (unpaired) electrons. The summed E-state index contributed by atoms with van der Waals surface area (Å²) >= 11 is 0. The van der Waals surface area contributed by atoms with Crippen molar-refractivity contribution in [2.75, 3.05) is 16.8 Å². The zero-order valence-electron chi connectivity index (χ0n) is 15.5. The highest BCUT2D eigenvalue weighted by molar-refractivity contribution is 6.14. The number of aromatic nitrogens is 2. The molecular formula is C20H23FN6. The maximum Gasteiger partial charge on any atom is 0.221 e. The molecule has 3 rings (SSSR count). The molecule has 0 saturated heterocycles. The maximum atomic E-state index is 13.5. The Kier molecular flexibility index (Phi) is 6.43. The van der Waals surface area contributed by atoms with Crippen LogP contribution >= 0.6 is 0 Å². The van der Waals surface area contributed by atoms with Crippen LogP contribution in [-0.2, 0) is 0 Å². The topological polar surface area (TPSA) is 114 Å². The molecule has 3 aromatic rings. The fourth-order valence-electron chi connectivity index (χ4n) is 2.40. The van der Waals surface area contributed by atoms with Crippen molar-refractivity contribution < 1.29 is 4.39 Å². The lowest BCUT2D eigenvalue weighted by atomic mass is 9.99. The van der Waals surface area contributed by atoms with Gasteiger partial charge in [-0.05, 0) is 55.0 Å². The average Bonchev–Trinajstić information content (AvgIpc) is 2.66. The van der Waals surface area contributed by atoms with Crippen LogP contribution in [-0.4, -0.2) is 15.7 Å². The fourth-order valence-corrected chi connectivity index (χ4v) is 2.40. The van der Waals surface area contributed by atoms with Gasteiger partial charge in [0.05, 0.1) is 5.71 Å². The molecule has 0 aliphatic rings. The number of benzene rings is 2. The van der Waals surface area contributed by atoms with Crippen LogP contribution < -0.4 is 16.8 Å². The van der Waals surface area contributed by atoms with Gasteiger partial charge in [-0.1, -0.05) is 13.8 Å². The number of anilines is 4. The van der Waals surface area contributed by atoms with Gasteiger partial charge in [-0.2, -0.15) is 4.98 Å². The Bertz CT molecular complexity index is 955. The molecule has 6 nitrogen and oxygen atoms in total. The van der Waals surface area contributed by atoms with Gasteiger partial charge >= 0.3 is 0 Å². The fraction of sp³-hybridized carbons (Fsp3) is 0.150. The normalized spacial score (nSPS) is 9.93. The maximum absolute atomic E-state index is 13.5. The van der Waals surface area contributed by atoms with Crippen molar-refractivity contribution in [3.8, 4) is 0 Å². The molecule has 6 N–H and O–H groups in total. The molecular weight excluding hydrogens is 343 g/mol. The number of rotatable bonds is 4. The number of nitrogen functional groups attached to an aromatic ring is 2. The average molecular weight is 366 g/mol. The number of halogens is 1. The first kappa shape index (κ1) is 19.8. The lowest BCUT2D eigenvalue weighted by Gasteiger charge is -2.12. The third-order valence-electron chi connectivity index (χ3n) is 3.72. The molecule has 0 aliphatic heterocycles. The van der Waals surface area contributed by atoms with Crippen LogP contribution in [0.15, 0.2) is 48.7 Å². The van der Waals surface area contributed by atoms with E-state index in [4.69, 9.17) is 16.9 Å². The summed E-state index contributed by atoms with van der Waals surface area (Å²) in [5, 5.41) is 11.5. The van der Waals surface area contributed by atoms with Gasteiger partial charge in [-0.25, -0.2) is 9.37 Å². The van der Waals surface area contributed by atoms with E-state index in [1.165, 1.54) is 6.07 Å². The molecule has 2 aromatic carbocycles. The number of nitrogens with one attached hydrogen (secondary N) is 2. The summed E-state index contributed by atoms with van der Waals surface area (Å²) in [5.41, 5.74) is 14.6. The van der Waals surface area contributed by atoms with Crippen LogP contribution in [0.5, 0.6) is 0 Å². The third-order valence-corrected chi connectivity index (χ3v) is 3.72. The summed E-state index contributed by atoms with van der Waals surface area (Å²) in [4.78, 5) is 7.91. The van der Waals surface area contributed by atoms with Gasteiger partial charge in [-0.15, -0.1) is 0 Å². The summed E-state index contributed by atoms with van der Waals surface area (Å²) in [7, 11) is 0. The van der Waals surface area contributed by atoms with Gasteiger partial charge in [0, 0.05) is 28.7 Å². The van der Waals surface area contributed by atoms with Gasteiger partial charge in [-0.3, -0.25) is 5.41 Å². The van der Waals surface area contributed by atoms with Crippen molar-refractivity contribution in [2.45, 2.75) is 20.8 Å². The first-order chi connectivity index (χ1) is 12.9. The quantitative estimate of drug-likeness (QED) is 0.407. The molecule has 0 spiro atoms. The van der Waals surface area contributed by atoms with E-state index in [1.54, 1.807) is 49.5 Å². The van der Waals surface area contributed by atoms with E-state index in [0.717, 1.165) is 0 Å². The molecule has 1 aromatic heterocycles. The van der Waals surface area contributed by atoms with Gasteiger partial charge < -0.3 is 16.8 Å². The van der Waals surface area contributed by atoms with Crippen LogP contribution in [0.4, 0.5) is 27.5 Å². The van der Waals surface area contributed by atoms with Crippen molar-refractivity contribution in [1.82, 2.24) is 9.97 Å². The van der Waals surface area contributed by atoms with Crippen LogP contribution in [0, 0.1) is 18.2 Å². The highest BCUT2D eigenvalue weighted by atomic mass is 19.1. The van der Waals surface area contributed by atoms with Crippen LogP contribution in [0.25, 0.3) is 0 Å². The first-order valence-corrected chi connectivity index (χ1v) is 8.54. The van der Waals surface area contributed by atoms with E-state index in [9.17, 15) is 4.39 Å². The second-order valence-electron chi connectivity index (χ2n) is 5.57. The number of hydrogen-bond acceptors (Lipinski definition) is 6. The second-order valence-corrected chi connectivity index (χ2v) is 5.57. The monoisotopic (exact) mass is 366 g/mol. The molecule has 0 aliphatic carbocycles. The Balaban J connectivity index is 0.00000126. The second kappa shape index (κ2) is 8.75. The predicted molar refractivity (Wildman–Crippen MR) is 109 cm³/mol. The van der Waals surface area contributed by atoms with Crippen molar-refractivity contribution >= 4 is 28.9 Å². The molecule has 1 heterocycles. The minimum Gasteiger partial charge on any atom is -0.398 e. The van der Waals surface area contributed by atoms with E-state index >= 15 is 0 Å². The minimum absolute atomic E-state index is 0.162. The summed E-state index contributed by atoms with van der Waals surface area (Å²) in [6.07, 6.45) is 1.55. The van der Waals surface area contributed by atoms with Gasteiger partial charge in [0.2, 0.25) is 5.95 Å². The molecule has 0 unspecified atom stereocenters. The number of nitrogens with zero attached hydrogens (tertiary/aromatic N) is 2. The zero-order valence-corrected chi connectivity index (χ0v) is 15.5. The van der Waals surface area contributed by atoms with Crippen molar-refractivity contribution in [2.24, 2.45) is 0 Å². The molecule has 0 fully saturated rings. The first-order valence-electron chi connectivity index (χ1n) is 8.54. The summed E-state index contributed by atoms with van der Waals surface area (Å²) in [6, 6.07) is 11.4. The van der Waals surface area contributed by atoms with E-state index < -0.39 is 0 Å². The van der Waals surface area contributed by atoms with Gasteiger partial charge in [0.25, 0.3) is 0 Å². The minimum atomic E-state index is -0.304. The highest BCUT2D eigenvalue weighted by Gasteiger charge is 2.11. The van der Waals surface area contributed by atoms with Gasteiger partial charge in [0.15, 0.2) is 0 Å². The van der Waals surface area contributed by atoms with E-state index in [1.807, 2.05) is 13.8 Å². The Labute approximate surface area is 158 Å². The van der Waals surface area contributed by atoms with Crippen LogP contribution in [0.1, 0.15) is 30.5 Å². The molecule has 0 bridgehead atoms. The SMILES string of the molecule is CC.Cc1cc(C(=N)c2cc(Nc3ccnc(N)n3)ccc2N)ccc1F. The highest BCUT2D eigenvalue weighted by Crippen LogP contribution is 2.24. The van der Waals surface area contributed by atoms with Gasteiger partial charge in [0.1, 0.15) is 11.6 Å². The van der Waals surface area contributed by atoms with Crippen LogP contribution in [0.3, 0.4) is 0 Å². The zero-order chi connectivity index (χ0) is 20.0. The van der Waals surface area contributed by atoms with Crippen molar-refractivity contribution in [3.05, 3.63) is 71.2 Å². The molecule has 27 heavy (non-hydrogen) atoms. The Morgan fingerprint density at radius 3 is 2.48 bits per heavy atom. The molecule has 7 heteroatoms. The van der Waals surface area contributed by atoms with E-state index in [0.29, 0.717) is 33.9 Å². The number of hydrogen-bond donors (Lipinski definition) is 4. The van der Waals surface area contributed by atoms with Crippen molar-refractivity contribution in [3.63, 3.8) is 0 Å². The lowest BCUT2D eigenvalue weighted by Crippen LogP contribution is -2.07. The lowest BCUT2D eigenvalue weighted by molar-refractivity contribution is 0.618. The molecule has 0 saturated carbocycles. The molecule has 0 amide bonds. The molecule has 0 atom stereocenters. The standard InChI is InChI=1S/C18H17FN6.C2H6/c1-10-8-11(2-4-14(10)19)17(21)13-9-12(3-5-15(13)20)24-16-6-7-23-18(22)25-16;1-2/h2-9,21H,20H2,1H3,(H3,22,23,24,25);1-2H3. The van der Waals surface area contributed by atoms with E-state index in [2.05, 4.69) is 15.3 Å². The number of aryl methyl sites for hydroxylation is 1. The Hall–Kier alpha value is -3.48. The smallest absolute Gasteiger partial charge is 0.221 e. The summed E-state index contributed by atoms with van der Waals surface area (Å²) in [5.74, 6) is 0.392. The molecule has 140 valence electrons.